The third kappa shape index (κ3) is 2.79. The highest BCUT2D eigenvalue weighted by Crippen LogP contribution is 2.09. The Bertz CT molecular complexity index is 335. The van der Waals surface area contributed by atoms with Gasteiger partial charge < -0.3 is 11.1 Å². The first kappa shape index (κ1) is 9.60. The van der Waals surface area contributed by atoms with Crippen molar-refractivity contribution in [3.8, 4) is 0 Å². The van der Waals surface area contributed by atoms with Gasteiger partial charge in [0, 0.05) is 11.3 Å². The van der Waals surface area contributed by atoms with Crippen molar-refractivity contribution in [2.24, 2.45) is 5.73 Å². The van der Waals surface area contributed by atoms with Gasteiger partial charge in [-0.15, -0.1) is 0 Å². The Morgan fingerprint density at radius 3 is 2.15 bits per heavy atom. The predicted octanol–water partition coefficient (Wildman–Crippen LogP) is 1.25. The van der Waals surface area contributed by atoms with Crippen LogP contribution in [0.4, 0.5) is 10.5 Å². The highest BCUT2D eigenvalue weighted by Gasteiger charge is 2.00. The number of carbonyl (C=O) groups is 2. The maximum Gasteiger partial charge on any atom is 0.280 e. The van der Waals surface area contributed by atoms with Crippen LogP contribution in [0.3, 0.4) is 0 Å². The van der Waals surface area contributed by atoms with Crippen LogP contribution in [0.25, 0.3) is 0 Å². The van der Waals surface area contributed by atoms with Gasteiger partial charge in [-0.25, -0.2) is 0 Å². The van der Waals surface area contributed by atoms with Gasteiger partial charge >= 0.3 is 0 Å². The van der Waals surface area contributed by atoms with Crippen LogP contribution in [-0.4, -0.2) is 11.1 Å². The molecule has 1 aromatic rings. The predicted molar refractivity (Wildman–Crippen MR) is 53.0 cm³/mol. The van der Waals surface area contributed by atoms with Crippen LogP contribution in [0.2, 0.25) is 0 Å². The molecule has 1 rings (SSSR count). The second kappa shape index (κ2) is 3.95. The fourth-order valence-electron chi connectivity index (χ4n) is 0.841. The first-order valence-electron chi connectivity index (χ1n) is 3.49. The molecule has 68 valence electrons. The standard InChI is InChI=1S/C8H8N2O2S/c9-7(11)5-1-3-6(4-2-5)10-8(12)13/h1-4H,(H2,9,11)(H2,10,12,13). The van der Waals surface area contributed by atoms with Gasteiger partial charge in [0.15, 0.2) is 0 Å². The summed E-state index contributed by atoms with van der Waals surface area (Å²) in [6.07, 6.45) is 0. The zero-order chi connectivity index (χ0) is 9.84. The van der Waals surface area contributed by atoms with Crippen molar-refractivity contribution >= 4 is 29.5 Å². The average Bonchev–Trinajstić information content (AvgIpc) is 2.04. The summed E-state index contributed by atoms with van der Waals surface area (Å²) < 4.78 is 0. The molecule has 0 unspecified atom stereocenters. The molecule has 0 aliphatic rings. The number of carbonyl (C=O) groups excluding carboxylic acids is 2. The SMILES string of the molecule is NC(=O)c1ccc(NC(=O)S)cc1. The minimum Gasteiger partial charge on any atom is -0.366 e. The maximum absolute atomic E-state index is 10.7. The van der Waals surface area contributed by atoms with Crippen molar-refractivity contribution in [1.82, 2.24) is 0 Å². The number of amides is 2. The van der Waals surface area contributed by atoms with Crippen molar-refractivity contribution in [2.45, 2.75) is 0 Å². The fraction of sp³-hybridized carbons (Fsp3) is 0. The average molecular weight is 196 g/mol. The monoisotopic (exact) mass is 196 g/mol. The third-order valence-electron chi connectivity index (χ3n) is 1.42. The van der Waals surface area contributed by atoms with Crippen LogP contribution >= 0.6 is 12.6 Å². The summed E-state index contributed by atoms with van der Waals surface area (Å²) >= 11 is 3.53. The number of nitrogens with two attached hydrogens (primary N) is 1. The highest BCUT2D eigenvalue weighted by molar-refractivity contribution is 7.96. The fourth-order valence-corrected chi connectivity index (χ4v) is 0.970. The first-order valence-corrected chi connectivity index (χ1v) is 3.94. The van der Waals surface area contributed by atoms with E-state index in [0.717, 1.165) is 0 Å². The zero-order valence-electron chi connectivity index (χ0n) is 6.65. The second-order valence-electron chi connectivity index (χ2n) is 2.37. The molecule has 0 radical (unpaired) electrons. The van der Waals surface area contributed by atoms with Crippen LogP contribution in [0.5, 0.6) is 0 Å². The van der Waals surface area contributed by atoms with Crippen molar-refractivity contribution in [3.63, 3.8) is 0 Å². The lowest BCUT2D eigenvalue weighted by molar-refractivity contribution is 0.100. The largest absolute Gasteiger partial charge is 0.366 e. The quantitative estimate of drug-likeness (QED) is 0.623. The van der Waals surface area contributed by atoms with E-state index in [1.807, 2.05) is 0 Å². The van der Waals surface area contributed by atoms with Gasteiger partial charge in [0.2, 0.25) is 5.91 Å². The number of hydrogen-bond donors (Lipinski definition) is 3. The van der Waals surface area contributed by atoms with E-state index in [2.05, 4.69) is 17.9 Å². The van der Waals surface area contributed by atoms with Gasteiger partial charge in [0.1, 0.15) is 0 Å². The number of rotatable bonds is 2. The summed E-state index contributed by atoms with van der Waals surface area (Å²) in [5.74, 6) is -0.497. The number of thiol groups is 1. The molecule has 4 nitrogen and oxygen atoms in total. The third-order valence-corrected chi connectivity index (χ3v) is 1.53. The maximum atomic E-state index is 10.7. The summed E-state index contributed by atoms with van der Waals surface area (Å²) in [6.45, 7) is 0. The molecule has 0 saturated carbocycles. The molecule has 0 aliphatic carbocycles. The van der Waals surface area contributed by atoms with Crippen LogP contribution in [-0.2, 0) is 0 Å². The molecule has 3 N–H and O–H groups in total. The van der Waals surface area contributed by atoms with Crippen LogP contribution < -0.4 is 11.1 Å². The minimum atomic E-state index is -0.497. The Morgan fingerprint density at radius 1 is 1.23 bits per heavy atom. The van der Waals surface area contributed by atoms with E-state index in [-0.39, 0.29) is 0 Å². The van der Waals surface area contributed by atoms with Crippen molar-refractivity contribution in [1.29, 1.82) is 0 Å². The Balaban J connectivity index is 2.81. The van der Waals surface area contributed by atoms with Gasteiger partial charge in [-0.2, -0.15) is 0 Å². The molecule has 13 heavy (non-hydrogen) atoms. The number of benzene rings is 1. The van der Waals surface area contributed by atoms with Gasteiger partial charge in [0.05, 0.1) is 0 Å². The molecule has 0 bridgehead atoms. The second-order valence-corrected chi connectivity index (χ2v) is 2.78. The summed E-state index contributed by atoms with van der Waals surface area (Å²) in [5, 5.41) is 1.99. The van der Waals surface area contributed by atoms with E-state index in [9.17, 15) is 9.59 Å². The molecule has 0 aliphatic heterocycles. The number of nitrogens with one attached hydrogen (secondary N) is 1. The molecule has 5 heteroatoms. The van der Waals surface area contributed by atoms with Crippen LogP contribution in [0.15, 0.2) is 24.3 Å². The molecule has 0 aromatic heterocycles. The zero-order valence-corrected chi connectivity index (χ0v) is 7.54. The Kier molecular flexibility index (Phi) is 2.92. The molecular weight excluding hydrogens is 188 g/mol. The summed E-state index contributed by atoms with van der Waals surface area (Å²) in [6, 6.07) is 6.21. The van der Waals surface area contributed by atoms with E-state index in [1.54, 1.807) is 12.1 Å². The number of anilines is 1. The smallest absolute Gasteiger partial charge is 0.280 e. The lowest BCUT2D eigenvalue weighted by atomic mass is 10.2. The molecular formula is C8H8N2O2S. The van der Waals surface area contributed by atoms with Crippen LogP contribution in [0, 0.1) is 0 Å². The number of hydrogen-bond acceptors (Lipinski definition) is 2. The van der Waals surface area contributed by atoms with Gasteiger partial charge in [0.25, 0.3) is 5.24 Å². The normalized spacial score (nSPS) is 9.31. The minimum absolute atomic E-state index is 0.400. The molecule has 0 saturated heterocycles. The van der Waals surface area contributed by atoms with Gasteiger partial charge in [-0.3, -0.25) is 9.59 Å². The summed E-state index contributed by atoms with van der Waals surface area (Å²) in [7, 11) is 0. The Labute approximate surface area is 80.5 Å². The van der Waals surface area contributed by atoms with E-state index in [1.165, 1.54) is 12.1 Å². The van der Waals surface area contributed by atoms with E-state index < -0.39 is 11.1 Å². The first-order chi connectivity index (χ1) is 6.09. The molecule has 1 aromatic carbocycles. The van der Waals surface area contributed by atoms with E-state index >= 15 is 0 Å². The number of primary amides is 1. The van der Waals surface area contributed by atoms with Crippen molar-refractivity contribution < 1.29 is 9.59 Å². The topological polar surface area (TPSA) is 72.2 Å². The lowest BCUT2D eigenvalue weighted by Crippen LogP contribution is -2.10. The van der Waals surface area contributed by atoms with Gasteiger partial charge in [-0.1, -0.05) is 12.6 Å². The molecule has 0 atom stereocenters. The Hall–Kier alpha value is -1.49. The lowest BCUT2D eigenvalue weighted by Gasteiger charge is -2.00. The molecule has 0 spiro atoms. The van der Waals surface area contributed by atoms with Crippen molar-refractivity contribution in [3.05, 3.63) is 29.8 Å². The van der Waals surface area contributed by atoms with E-state index in [0.29, 0.717) is 11.3 Å². The molecule has 2 amide bonds. The Morgan fingerprint density at radius 2 is 1.77 bits per heavy atom. The molecule has 0 heterocycles. The van der Waals surface area contributed by atoms with Crippen molar-refractivity contribution in [2.75, 3.05) is 5.32 Å². The summed E-state index contributed by atoms with van der Waals surface area (Å²) in [5.41, 5.74) is 6.00. The van der Waals surface area contributed by atoms with Crippen LogP contribution in [0.1, 0.15) is 10.4 Å². The van der Waals surface area contributed by atoms with Gasteiger partial charge in [-0.05, 0) is 24.3 Å². The summed E-state index contributed by atoms with van der Waals surface area (Å²) in [4.78, 5) is 21.1. The molecule has 0 fully saturated rings. The van der Waals surface area contributed by atoms with E-state index in [4.69, 9.17) is 5.73 Å². The highest BCUT2D eigenvalue weighted by atomic mass is 32.1.